The number of aromatic nitrogens is 4. The van der Waals surface area contributed by atoms with Gasteiger partial charge in [0.25, 0.3) is 5.91 Å². The van der Waals surface area contributed by atoms with E-state index in [1.807, 2.05) is 78.9 Å². The molecule has 0 fully saturated rings. The lowest BCUT2D eigenvalue weighted by atomic mass is 10.1. The molecule has 0 spiro atoms. The molecular weight excluding hydrogens is 422 g/mol. The van der Waals surface area contributed by atoms with Crippen molar-refractivity contribution in [3.63, 3.8) is 0 Å². The standard InChI is InChI=1S/C24H23N5O2S/c1-31-16-19-13-11-18(12-14-19)15-25-24(30)21-9-5-6-10-22(21)32-17-23-26-27-28-29(23)20-7-3-2-4-8-20/h2-14H,15-17H2,1H3,(H,25,30). The predicted molar refractivity (Wildman–Crippen MR) is 123 cm³/mol. The Kier molecular flexibility index (Phi) is 7.27. The van der Waals surface area contributed by atoms with Crippen LogP contribution >= 0.6 is 11.8 Å². The summed E-state index contributed by atoms with van der Waals surface area (Å²) in [7, 11) is 1.67. The normalized spacial score (nSPS) is 10.8. The summed E-state index contributed by atoms with van der Waals surface area (Å²) in [6.45, 7) is 1.03. The van der Waals surface area contributed by atoms with Crippen LogP contribution in [0.15, 0.2) is 83.8 Å². The maximum absolute atomic E-state index is 12.9. The Morgan fingerprint density at radius 2 is 1.69 bits per heavy atom. The van der Waals surface area contributed by atoms with Crippen molar-refractivity contribution in [2.45, 2.75) is 23.8 Å². The van der Waals surface area contributed by atoms with Gasteiger partial charge in [-0.2, -0.15) is 4.68 Å². The highest BCUT2D eigenvalue weighted by atomic mass is 32.2. The van der Waals surface area contributed by atoms with Crippen LogP contribution in [-0.2, 0) is 23.6 Å². The van der Waals surface area contributed by atoms with Gasteiger partial charge in [0.1, 0.15) is 0 Å². The Bertz CT molecular complexity index is 1160. The van der Waals surface area contributed by atoms with Crippen molar-refractivity contribution in [1.29, 1.82) is 0 Å². The summed E-state index contributed by atoms with van der Waals surface area (Å²) in [6, 6.07) is 25.3. The smallest absolute Gasteiger partial charge is 0.252 e. The Morgan fingerprint density at radius 1 is 0.969 bits per heavy atom. The number of tetrazole rings is 1. The van der Waals surface area contributed by atoms with E-state index in [9.17, 15) is 4.79 Å². The SMILES string of the molecule is COCc1ccc(CNC(=O)c2ccccc2SCc2nnnn2-c2ccccc2)cc1. The summed E-state index contributed by atoms with van der Waals surface area (Å²) in [5.74, 6) is 1.14. The summed E-state index contributed by atoms with van der Waals surface area (Å²) < 4.78 is 6.84. The van der Waals surface area contributed by atoms with Gasteiger partial charge in [0.2, 0.25) is 0 Å². The number of carbonyl (C=O) groups is 1. The van der Waals surface area contributed by atoms with Crippen LogP contribution < -0.4 is 5.32 Å². The monoisotopic (exact) mass is 445 g/mol. The van der Waals surface area contributed by atoms with E-state index in [1.54, 1.807) is 11.8 Å². The van der Waals surface area contributed by atoms with Gasteiger partial charge in [-0.3, -0.25) is 4.79 Å². The Morgan fingerprint density at radius 3 is 2.47 bits per heavy atom. The van der Waals surface area contributed by atoms with Gasteiger partial charge in [0.15, 0.2) is 5.82 Å². The maximum Gasteiger partial charge on any atom is 0.252 e. The third-order valence-corrected chi connectivity index (χ3v) is 5.88. The number of nitrogens with zero attached hydrogens (tertiary/aromatic N) is 4. The second kappa shape index (κ2) is 10.7. The van der Waals surface area contributed by atoms with Crippen molar-refractivity contribution < 1.29 is 9.53 Å². The zero-order chi connectivity index (χ0) is 22.2. The van der Waals surface area contributed by atoms with E-state index in [4.69, 9.17) is 4.74 Å². The number of benzene rings is 3. The molecule has 4 aromatic rings. The molecule has 7 nitrogen and oxygen atoms in total. The van der Waals surface area contributed by atoms with Crippen molar-refractivity contribution in [2.24, 2.45) is 0 Å². The number of thioether (sulfide) groups is 1. The molecule has 0 saturated heterocycles. The van der Waals surface area contributed by atoms with Crippen LogP contribution in [0, 0.1) is 0 Å². The molecule has 0 saturated carbocycles. The maximum atomic E-state index is 12.9. The summed E-state index contributed by atoms with van der Waals surface area (Å²) >= 11 is 1.53. The number of hydrogen-bond donors (Lipinski definition) is 1. The minimum atomic E-state index is -0.114. The quantitative estimate of drug-likeness (QED) is 0.392. The summed E-state index contributed by atoms with van der Waals surface area (Å²) in [4.78, 5) is 13.7. The highest BCUT2D eigenvalue weighted by Crippen LogP contribution is 2.26. The lowest BCUT2D eigenvalue weighted by Crippen LogP contribution is -2.23. The largest absolute Gasteiger partial charge is 0.380 e. The average Bonchev–Trinajstić information content (AvgIpc) is 3.32. The Labute approximate surface area is 190 Å². The van der Waals surface area contributed by atoms with Crippen LogP contribution in [0.3, 0.4) is 0 Å². The molecule has 0 radical (unpaired) electrons. The molecule has 32 heavy (non-hydrogen) atoms. The van der Waals surface area contributed by atoms with Gasteiger partial charge in [-0.05, 0) is 45.8 Å². The van der Waals surface area contributed by atoms with Crippen molar-refractivity contribution in [2.75, 3.05) is 7.11 Å². The third-order valence-electron chi connectivity index (χ3n) is 4.81. The molecule has 1 amide bonds. The molecule has 1 N–H and O–H groups in total. The number of hydrogen-bond acceptors (Lipinski definition) is 6. The predicted octanol–water partition coefficient (Wildman–Crippen LogP) is 4.03. The molecule has 0 aliphatic rings. The lowest BCUT2D eigenvalue weighted by Gasteiger charge is -2.10. The zero-order valence-corrected chi connectivity index (χ0v) is 18.5. The van der Waals surface area contributed by atoms with Crippen LogP contribution in [0.1, 0.15) is 27.3 Å². The fraction of sp³-hybridized carbons (Fsp3) is 0.167. The number of amides is 1. The minimum absolute atomic E-state index is 0.114. The van der Waals surface area contributed by atoms with Crippen molar-refractivity contribution >= 4 is 17.7 Å². The third kappa shape index (κ3) is 5.40. The van der Waals surface area contributed by atoms with Gasteiger partial charge in [0, 0.05) is 18.6 Å². The van der Waals surface area contributed by atoms with Crippen molar-refractivity contribution in [3.8, 4) is 5.69 Å². The van der Waals surface area contributed by atoms with E-state index in [2.05, 4.69) is 20.8 Å². The summed E-state index contributed by atoms with van der Waals surface area (Å²) in [6.07, 6.45) is 0. The van der Waals surface area contributed by atoms with Gasteiger partial charge in [0.05, 0.1) is 23.6 Å². The first-order chi connectivity index (χ1) is 15.7. The second-order valence-electron chi connectivity index (χ2n) is 7.06. The van der Waals surface area contributed by atoms with Crippen molar-refractivity contribution in [3.05, 3.63) is 101 Å². The molecule has 0 bridgehead atoms. The minimum Gasteiger partial charge on any atom is -0.380 e. The zero-order valence-electron chi connectivity index (χ0n) is 17.6. The second-order valence-corrected chi connectivity index (χ2v) is 8.08. The van der Waals surface area contributed by atoms with E-state index < -0.39 is 0 Å². The number of rotatable bonds is 9. The number of carbonyl (C=O) groups excluding carboxylic acids is 1. The van der Waals surface area contributed by atoms with E-state index in [-0.39, 0.29) is 5.91 Å². The molecule has 162 valence electrons. The number of nitrogens with one attached hydrogen (secondary N) is 1. The van der Waals surface area contributed by atoms with Crippen LogP contribution in [0.5, 0.6) is 0 Å². The first kappa shape index (κ1) is 21.7. The lowest BCUT2D eigenvalue weighted by molar-refractivity contribution is 0.0948. The van der Waals surface area contributed by atoms with Crippen LogP contribution in [0.4, 0.5) is 0 Å². The molecule has 0 aliphatic heterocycles. The van der Waals surface area contributed by atoms with Gasteiger partial charge in [-0.25, -0.2) is 0 Å². The van der Waals surface area contributed by atoms with E-state index >= 15 is 0 Å². The fourth-order valence-electron chi connectivity index (χ4n) is 3.19. The number of para-hydroxylation sites is 1. The van der Waals surface area contributed by atoms with E-state index in [1.165, 1.54) is 11.8 Å². The molecule has 0 unspecified atom stereocenters. The molecule has 0 aliphatic carbocycles. The van der Waals surface area contributed by atoms with Crippen LogP contribution in [-0.4, -0.2) is 33.2 Å². The van der Waals surface area contributed by atoms with Crippen LogP contribution in [0.2, 0.25) is 0 Å². The first-order valence-electron chi connectivity index (χ1n) is 10.1. The highest BCUT2D eigenvalue weighted by Gasteiger charge is 2.14. The molecule has 3 aromatic carbocycles. The van der Waals surface area contributed by atoms with Crippen LogP contribution in [0.25, 0.3) is 5.69 Å². The summed E-state index contributed by atoms with van der Waals surface area (Å²) in [5, 5.41) is 15.1. The fourth-order valence-corrected chi connectivity index (χ4v) is 4.14. The van der Waals surface area contributed by atoms with Crippen molar-refractivity contribution in [1.82, 2.24) is 25.5 Å². The molecule has 4 rings (SSSR count). The van der Waals surface area contributed by atoms with E-state index in [0.29, 0.717) is 30.3 Å². The Hall–Kier alpha value is -3.49. The molecule has 8 heteroatoms. The molecule has 1 aromatic heterocycles. The van der Waals surface area contributed by atoms with Gasteiger partial charge < -0.3 is 10.1 Å². The number of methoxy groups -OCH3 is 1. The van der Waals surface area contributed by atoms with E-state index in [0.717, 1.165) is 21.7 Å². The topological polar surface area (TPSA) is 81.9 Å². The average molecular weight is 446 g/mol. The first-order valence-corrected chi connectivity index (χ1v) is 11.1. The molecule has 0 atom stereocenters. The highest BCUT2D eigenvalue weighted by molar-refractivity contribution is 7.98. The van der Waals surface area contributed by atoms with Gasteiger partial charge in [-0.15, -0.1) is 16.9 Å². The number of ether oxygens (including phenoxy) is 1. The Balaban J connectivity index is 1.41. The molecule has 1 heterocycles. The van der Waals surface area contributed by atoms with Gasteiger partial charge in [-0.1, -0.05) is 54.6 Å². The van der Waals surface area contributed by atoms with Gasteiger partial charge >= 0.3 is 0 Å². The summed E-state index contributed by atoms with van der Waals surface area (Å²) in [5.41, 5.74) is 3.66. The molecular formula is C24H23N5O2S.